The van der Waals surface area contributed by atoms with Crippen LogP contribution in [0.15, 0.2) is 66.9 Å². The normalized spacial score (nSPS) is 14.0. The van der Waals surface area contributed by atoms with Crippen LogP contribution in [0.25, 0.3) is 16.9 Å². The summed E-state index contributed by atoms with van der Waals surface area (Å²) in [6.45, 7) is 0. The summed E-state index contributed by atoms with van der Waals surface area (Å²) in [6.07, 6.45) is 8.12. The van der Waals surface area contributed by atoms with E-state index in [1.54, 1.807) is 44.6 Å². The van der Waals surface area contributed by atoms with Crippen molar-refractivity contribution in [3.05, 3.63) is 72.4 Å². The molecule has 2 aromatic carbocycles. The van der Waals surface area contributed by atoms with Crippen molar-refractivity contribution < 1.29 is 19.0 Å². The zero-order chi connectivity index (χ0) is 24.2. The van der Waals surface area contributed by atoms with E-state index in [4.69, 9.17) is 19.2 Å². The van der Waals surface area contributed by atoms with E-state index in [9.17, 15) is 4.79 Å². The highest BCUT2D eigenvalue weighted by atomic mass is 16.6. The number of hydrogen-bond acceptors (Lipinski definition) is 6. The van der Waals surface area contributed by atoms with E-state index in [0.717, 1.165) is 35.6 Å². The first kappa shape index (κ1) is 22.8. The van der Waals surface area contributed by atoms with Crippen molar-refractivity contribution >= 4 is 17.4 Å². The first-order chi connectivity index (χ1) is 17.2. The molecule has 1 saturated carbocycles. The third-order valence-electron chi connectivity index (χ3n) is 6.44. The van der Waals surface area contributed by atoms with E-state index >= 15 is 0 Å². The maximum absolute atomic E-state index is 12.7. The number of nitrogens with zero attached hydrogens (tertiary/aromatic N) is 2. The molecule has 2 aromatic heterocycles. The molecule has 0 saturated heterocycles. The zero-order valence-corrected chi connectivity index (χ0v) is 20.0. The van der Waals surface area contributed by atoms with Gasteiger partial charge in [-0.25, -0.2) is 9.78 Å². The number of nitrogens with one attached hydrogen (secondary N) is 1. The Labute approximate surface area is 204 Å². The van der Waals surface area contributed by atoms with Crippen molar-refractivity contribution in [1.82, 2.24) is 9.38 Å². The first-order valence-electron chi connectivity index (χ1n) is 11.9. The molecule has 0 spiro atoms. The average molecular weight is 472 g/mol. The Morgan fingerprint density at radius 2 is 1.74 bits per heavy atom. The monoisotopic (exact) mass is 471 g/mol. The van der Waals surface area contributed by atoms with Gasteiger partial charge in [-0.3, -0.25) is 4.40 Å². The van der Waals surface area contributed by atoms with Gasteiger partial charge < -0.3 is 19.5 Å². The molecule has 1 N–H and O–H groups in total. The number of ether oxygens (including phenoxy) is 3. The van der Waals surface area contributed by atoms with Crippen LogP contribution in [0.2, 0.25) is 0 Å². The highest BCUT2D eigenvalue weighted by Gasteiger charge is 2.21. The highest BCUT2D eigenvalue weighted by molar-refractivity contribution is 5.91. The van der Waals surface area contributed by atoms with Gasteiger partial charge in [0.15, 0.2) is 11.5 Å². The summed E-state index contributed by atoms with van der Waals surface area (Å²) < 4.78 is 18.5. The Kier molecular flexibility index (Phi) is 6.57. The molecule has 2 heterocycles. The Morgan fingerprint density at radius 1 is 0.943 bits per heavy atom. The van der Waals surface area contributed by atoms with Crippen LogP contribution in [0.4, 0.5) is 5.82 Å². The fraction of sp³-hybridized carbons (Fsp3) is 0.286. The minimum absolute atomic E-state index is 0.350. The second-order valence-electron chi connectivity index (χ2n) is 8.70. The van der Waals surface area contributed by atoms with E-state index < -0.39 is 5.97 Å². The number of aromatic nitrogens is 2. The van der Waals surface area contributed by atoms with Crippen molar-refractivity contribution in [2.24, 2.45) is 0 Å². The van der Waals surface area contributed by atoms with Crippen molar-refractivity contribution in [3.63, 3.8) is 0 Å². The van der Waals surface area contributed by atoms with Gasteiger partial charge in [0.2, 0.25) is 0 Å². The van der Waals surface area contributed by atoms with Crippen LogP contribution in [-0.2, 0) is 0 Å². The number of hydrogen-bond donors (Lipinski definition) is 1. The van der Waals surface area contributed by atoms with Gasteiger partial charge in [0, 0.05) is 17.8 Å². The van der Waals surface area contributed by atoms with Gasteiger partial charge in [-0.2, -0.15) is 0 Å². The molecule has 0 amide bonds. The third kappa shape index (κ3) is 4.80. The number of methoxy groups -OCH3 is 2. The van der Waals surface area contributed by atoms with E-state index in [2.05, 4.69) is 9.72 Å². The van der Waals surface area contributed by atoms with Gasteiger partial charge in [0.05, 0.1) is 19.8 Å². The standard InChI is InChI=1S/C28H29N3O4/c1-33-22-14-11-19(12-15-22)28(32)35-23-16-13-20(18-24(23)34-2)26-27(29-21-8-4-3-5-9-21)31-17-7-6-10-25(31)30-26/h6-7,10-18,21,29H,3-5,8-9H2,1-2H3. The topological polar surface area (TPSA) is 74.1 Å². The molecule has 180 valence electrons. The number of benzene rings is 2. The number of carbonyl (C=O) groups excluding carboxylic acids is 1. The predicted molar refractivity (Wildman–Crippen MR) is 136 cm³/mol. The summed E-state index contributed by atoms with van der Waals surface area (Å²) in [7, 11) is 3.15. The fourth-order valence-corrected chi connectivity index (χ4v) is 4.56. The molecule has 7 heteroatoms. The predicted octanol–water partition coefficient (Wildman–Crippen LogP) is 5.98. The third-order valence-corrected chi connectivity index (χ3v) is 6.44. The molecule has 0 aliphatic heterocycles. The number of esters is 1. The number of fused-ring (bicyclic) bond motifs is 1. The summed E-state index contributed by atoms with van der Waals surface area (Å²) in [4.78, 5) is 17.6. The number of imidazole rings is 1. The Bertz CT molecular complexity index is 1320. The van der Waals surface area contributed by atoms with Gasteiger partial charge >= 0.3 is 5.97 Å². The fourth-order valence-electron chi connectivity index (χ4n) is 4.56. The molecule has 4 aromatic rings. The van der Waals surface area contributed by atoms with Crippen LogP contribution in [0.5, 0.6) is 17.2 Å². The molecular formula is C28H29N3O4. The van der Waals surface area contributed by atoms with Crippen molar-refractivity contribution in [3.8, 4) is 28.5 Å². The molecule has 1 fully saturated rings. The van der Waals surface area contributed by atoms with Crippen molar-refractivity contribution in [2.45, 2.75) is 38.1 Å². The van der Waals surface area contributed by atoms with Crippen LogP contribution in [0.1, 0.15) is 42.5 Å². The summed E-state index contributed by atoms with van der Waals surface area (Å²) in [5.41, 5.74) is 3.02. The maximum atomic E-state index is 12.7. The molecule has 0 atom stereocenters. The van der Waals surface area contributed by atoms with Crippen LogP contribution in [-0.4, -0.2) is 35.6 Å². The number of anilines is 1. The SMILES string of the molecule is COc1ccc(C(=O)Oc2ccc(-c3nc4ccccn4c3NC3CCCCC3)cc2OC)cc1. The summed E-state index contributed by atoms with van der Waals surface area (Å²) >= 11 is 0. The lowest BCUT2D eigenvalue weighted by Crippen LogP contribution is -2.23. The van der Waals surface area contributed by atoms with E-state index in [-0.39, 0.29) is 0 Å². The Hall–Kier alpha value is -4.00. The number of rotatable bonds is 7. The molecule has 0 unspecified atom stereocenters. The minimum Gasteiger partial charge on any atom is -0.497 e. The summed E-state index contributed by atoms with van der Waals surface area (Å²) in [5.74, 6) is 1.99. The van der Waals surface area contributed by atoms with Gasteiger partial charge in [-0.05, 0) is 67.4 Å². The van der Waals surface area contributed by atoms with Crippen LogP contribution >= 0.6 is 0 Å². The Balaban J connectivity index is 1.45. The average Bonchev–Trinajstić information content (AvgIpc) is 3.27. The van der Waals surface area contributed by atoms with E-state index in [1.807, 2.05) is 36.5 Å². The lowest BCUT2D eigenvalue weighted by Gasteiger charge is -2.24. The largest absolute Gasteiger partial charge is 0.497 e. The second kappa shape index (κ2) is 10.1. The zero-order valence-electron chi connectivity index (χ0n) is 20.0. The smallest absolute Gasteiger partial charge is 0.343 e. The molecule has 35 heavy (non-hydrogen) atoms. The molecule has 1 aliphatic carbocycles. The lowest BCUT2D eigenvalue weighted by molar-refractivity contribution is 0.0729. The number of carbonyl (C=O) groups is 1. The van der Waals surface area contributed by atoms with Crippen LogP contribution in [0, 0.1) is 0 Å². The molecule has 0 bridgehead atoms. The van der Waals surface area contributed by atoms with E-state index in [0.29, 0.717) is 28.9 Å². The molecule has 0 radical (unpaired) electrons. The summed E-state index contributed by atoms with van der Waals surface area (Å²) in [5, 5.41) is 3.75. The lowest BCUT2D eigenvalue weighted by atomic mass is 9.95. The minimum atomic E-state index is -0.467. The van der Waals surface area contributed by atoms with Gasteiger partial charge in [0.25, 0.3) is 0 Å². The van der Waals surface area contributed by atoms with Gasteiger partial charge in [0.1, 0.15) is 22.9 Å². The second-order valence-corrected chi connectivity index (χ2v) is 8.70. The molecular weight excluding hydrogens is 442 g/mol. The van der Waals surface area contributed by atoms with Gasteiger partial charge in [-0.15, -0.1) is 0 Å². The van der Waals surface area contributed by atoms with Crippen LogP contribution in [0.3, 0.4) is 0 Å². The molecule has 5 rings (SSSR count). The van der Waals surface area contributed by atoms with Crippen molar-refractivity contribution in [1.29, 1.82) is 0 Å². The highest BCUT2D eigenvalue weighted by Crippen LogP contribution is 2.37. The summed E-state index contributed by atoms with van der Waals surface area (Å²) in [6, 6.07) is 18.7. The number of pyridine rings is 1. The van der Waals surface area contributed by atoms with Gasteiger partial charge in [-0.1, -0.05) is 25.3 Å². The first-order valence-corrected chi connectivity index (χ1v) is 11.9. The van der Waals surface area contributed by atoms with Crippen molar-refractivity contribution in [2.75, 3.05) is 19.5 Å². The molecule has 7 nitrogen and oxygen atoms in total. The molecule has 1 aliphatic rings. The van der Waals surface area contributed by atoms with E-state index in [1.165, 1.54) is 19.3 Å². The Morgan fingerprint density at radius 3 is 2.49 bits per heavy atom. The van der Waals surface area contributed by atoms with Crippen LogP contribution < -0.4 is 19.5 Å². The maximum Gasteiger partial charge on any atom is 0.343 e. The quantitative estimate of drug-likeness (QED) is 0.264.